The Morgan fingerprint density at radius 2 is 2.21 bits per heavy atom. The van der Waals surface area contributed by atoms with Gasteiger partial charge in [-0.15, -0.1) is 11.8 Å². The minimum absolute atomic E-state index is 0.577. The first-order valence-corrected chi connectivity index (χ1v) is 5.72. The number of anilines is 1. The van der Waals surface area contributed by atoms with Crippen LogP contribution in [0.15, 0.2) is 17.0 Å². The number of aryl methyl sites for hydroxylation is 1. The number of halogens is 1. The molecule has 0 aliphatic carbocycles. The molecule has 4 heteroatoms. The van der Waals surface area contributed by atoms with Crippen molar-refractivity contribution in [1.82, 2.24) is 0 Å². The molecule has 0 unspecified atom stereocenters. The summed E-state index contributed by atoms with van der Waals surface area (Å²) in [6.07, 6.45) is 0. The third-order valence-corrected chi connectivity index (χ3v) is 3.82. The standard InChI is InChI=1S/C10H12ClNOS/c1-6-2-9(12)8(11)3-10(6)14-7-4-13-5-7/h2-3,7H,4-5,12H2,1H3. The fourth-order valence-corrected chi connectivity index (χ4v) is 2.62. The second kappa shape index (κ2) is 4.01. The van der Waals surface area contributed by atoms with E-state index in [2.05, 4.69) is 6.92 Å². The highest BCUT2D eigenvalue weighted by atomic mass is 35.5. The summed E-state index contributed by atoms with van der Waals surface area (Å²) < 4.78 is 5.12. The van der Waals surface area contributed by atoms with Crippen LogP contribution in [0.1, 0.15) is 5.56 Å². The van der Waals surface area contributed by atoms with Crippen LogP contribution >= 0.6 is 23.4 Å². The molecule has 1 aromatic carbocycles. The molecule has 0 atom stereocenters. The molecule has 1 aliphatic rings. The fourth-order valence-electron chi connectivity index (χ4n) is 1.27. The van der Waals surface area contributed by atoms with Crippen LogP contribution in [-0.2, 0) is 4.74 Å². The summed E-state index contributed by atoms with van der Waals surface area (Å²) in [6, 6.07) is 3.86. The van der Waals surface area contributed by atoms with Crippen molar-refractivity contribution in [2.45, 2.75) is 17.1 Å². The molecular formula is C10H12ClNOS. The van der Waals surface area contributed by atoms with Crippen LogP contribution in [0, 0.1) is 6.92 Å². The lowest BCUT2D eigenvalue weighted by molar-refractivity contribution is 0.0455. The molecular weight excluding hydrogens is 218 g/mol. The van der Waals surface area contributed by atoms with Gasteiger partial charge in [0.25, 0.3) is 0 Å². The van der Waals surface area contributed by atoms with Gasteiger partial charge in [-0.05, 0) is 24.6 Å². The second-order valence-electron chi connectivity index (χ2n) is 3.42. The van der Waals surface area contributed by atoms with Gasteiger partial charge in [0.05, 0.1) is 29.2 Å². The van der Waals surface area contributed by atoms with Gasteiger partial charge in [0, 0.05) is 4.90 Å². The van der Waals surface area contributed by atoms with E-state index in [4.69, 9.17) is 22.1 Å². The van der Waals surface area contributed by atoms with Crippen molar-refractivity contribution in [1.29, 1.82) is 0 Å². The van der Waals surface area contributed by atoms with Crippen molar-refractivity contribution in [2.75, 3.05) is 18.9 Å². The molecule has 76 valence electrons. The smallest absolute Gasteiger partial charge is 0.0646 e. The second-order valence-corrected chi connectivity index (χ2v) is 5.17. The summed E-state index contributed by atoms with van der Waals surface area (Å²) >= 11 is 7.78. The zero-order chi connectivity index (χ0) is 10.1. The third kappa shape index (κ3) is 2.00. The predicted octanol–water partition coefficient (Wildman–Crippen LogP) is 2.72. The van der Waals surface area contributed by atoms with E-state index in [1.807, 2.05) is 23.9 Å². The Labute approximate surface area is 92.8 Å². The third-order valence-electron chi connectivity index (χ3n) is 2.20. The predicted molar refractivity (Wildman–Crippen MR) is 61.1 cm³/mol. The van der Waals surface area contributed by atoms with Crippen molar-refractivity contribution in [3.05, 3.63) is 22.7 Å². The van der Waals surface area contributed by atoms with Crippen LogP contribution in [0.2, 0.25) is 5.02 Å². The Hall–Kier alpha value is -0.380. The van der Waals surface area contributed by atoms with Crippen LogP contribution in [0.25, 0.3) is 0 Å². The maximum Gasteiger partial charge on any atom is 0.0646 e. The molecule has 14 heavy (non-hydrogen) atoms. The van der Waals surface area contributed by atoms with Gasteiger partial charge in [0.15, 0.2) is 0 Å². The summed E-state index contributed by atoms with van der Waals surface area (Å²) in [7, 11) is 0. The van der Waals surface area contributed by atoms with Gasteiger partial charge in [-0.2, -0.15) is 0 Å². The highest BCUT2D eigenvalue weighted by Crippen LogP contribution is 2.34. The lowest BCUT2D eigenvalue weighted by atomic mass is 10.2. The highest BCUT2D eigenvalue weighted by molar-refractivity contribution is 8.00. The van der Waals surface area contributed by atoms with Crippen LogP contribution in [0.4, 0.5) is 5.69 Å². The summed E-state index contributed by atoms with van der Waals surface area (Å²) in [5, 5.41) is 1.21. The number of hydrogen-bond acceptors (Lipinski definition) is 3. The first kappa shape index (κ1) is 10.1. The van der Waals surface area contributed by atoms with E-state index in [9.17, 15) is 0 Å². The topological polar surface area (TPSA) is 35.2 Å². The summed E-state index contributed by atoms with van der Waals surface area (Å²) in [6.45, 7) is 3.73. The Morgan fingerprint density at radius 1 is 1.50 bits per heavy atom. The van der Waals surface area contributed by atoms with E-state index < -0.39 is 0 Å². The quantitative estimate of drug-likeness (QED) is 0.793. The molecule has 1 fully saturated rings. The normalized spacial score (nSPS) is 16.7. The van der Waals surface area contributed by atoms with Crippen molar-refractivity contribution in [2.24, 2.45) is 0 Å². The molecule has 0 aromatic heterocycles. The molecule has 1 saturated heterocycles. The molecule has 0 radical (unpaired) electrons. The maximum absolute atomic E-state index is 5.96. The van der Waals surface area contributed by atoms with E-state index in [-0.39, 0.29) is 0 Å². The molecule has 0 spiro atoms. The Bertz CT molecular complexity index is 352. The minimum Gasteiger partial charge on any atom is -0.398 e. The van der Waals surface area contributed by atoms with Gasteiger partial charge in [0.2, 0.25) is 0 Å². The number of nitrogen functional groups attached to an aromatic ring is 1. The van der Waals surface area contributed by atoms with E-state index >= 15 is 0 Å². The molecule has 2 nitrogen and oxygen atoms in total. The van der Waals surface area contributed by atoms with E-state index in [1.165, 1.54) is 10.5 Å². The van der Waals surface area contributed by atoms with Crippen LogP contribution in [-0.4, -0.2) is 18.5 Å². The van der Waals surface area contributed by atoms with Gasteiger partial charge in [-0.1, -0.05) is 11.6 Å². The van der Waals surface area contributed by atoms with Gasteiger partial charge in [0.1, 0.15) is 0 Å². The Balaban J connectivity index is 2.19. The number of benzene rings is 1. The molecule has 0 bridgehead atoms. The average molecular weight is 230 g/mol. The van der Waals surface area contributed by atoms with Crippen molar-refractivity contribution in [3.63, 3.8) is 0 Å². The van der Waals surface area contributed by atoms with Crippen LogP contribution in [0.3, 0.4) is 0 Å². The summed E-state index contributed by atoms with van der Waals surface area (Å²) in [4.78, 5) is 1.21. The van der Waals surface area contributed by atoms with Gasteiger partial charge in [-0.3, -0.25) is 0 Å². The number of ether oxygens (including phenoxy) is 1. The molecule has 1 aliphatic heterocycles. The molecule has 2 N–H and O–H groups in total. The highest BCUT2D eigenvalue weighted by Gasteiger charge is 2.20. The van der Waals surface area contributed by atoms with Crippen LogP contribution < -0.4 is 5.73 Å². The molecule has 1 heterocycles. The van der Waals surface area contributed by atoms with Gasteiger partial charge in [-0.25, -0.2) is 0 Å². The SMILES string of the molecule is Cc1cc(N)c(Cl)cc1SC1COC1. The maximum atomic E-state index is 5.96. The first-order chi connectivity index (χ1) is 6.66. The molecule has 1 aromatic rings. The largest absolute Gasteiger partial charge is 0.398 e. The fraction of sp³-hybridized carbons (Fsp3) is 0.400. The van der Waals surface area contributed by atoms with E-state index in [0.29, 0.717) is 16.0 Å². The summed E-state index contributed by atoms with van der Waals surface area (Å²) in [5.41, 5.74) is 7.54. The average Bonchev–Trinajstić information content (AvgIpc) is 2.06. The number of hydrogen-bond donors (Lipinski definition) is 1. The Kier molecular flexibility index (Phi) is 2.91. The van der Waals surface area contributed by atoms with Crippen molar-refractivity contribution in [3.8, 4) is 0 Å². The molecule has 0 amide bonds. The molecule has 0 saturated carbocycles. The lowest BCUT2D eigenvalue weighted by Gasteiger charge is -2.25. The number of rotatable bonds is 2. The van der Waals surface area contributed by atoms with Crippen molar-refractivity contribution >= 4 is 29.1 Å². The molecule has 2 rings (SSSR count). The number of thioether (sulfide) groups is 1. The first-order valence-electron chi connectivity index (χ1n) is 4.47. The van der Waals surface area contributed by atoms with Gasteiger partial charge >= 0.3 is 0 Å². The van der Waals surface area contributed by atoms with E-state index in [0.717, 1.165) is 13.2 Å². The zero-order valence-corrected chi connectivity index (χ0v) is 9.49. The summed E-state index contributed by atoms with van der Waals surface area (Å²) in [5.74, 6) is 0. The lowest BCUT2D eigenvalue weighted by Crippen LogP contribution is -2.30. The van der Waals surface area contributed by atoms with Gasteiger partial charge < -0.3 is 10.5 Å². The van der Waals surface area contributed by atoms with E-state index in [1.54, 1.807) is 0 Å². The van der Waals surface area contributed by atoms with Crippen molar-refractivity contribution < 1.29 is 4.74 Å². The Morgan fingerprint density at radius 3 is 2.79 bits per heavy atom. The number of nitrogens with two attached hydrogens (primary N) is 1. The zero-order valence-electron chi connectivity index (χ0n) is 7.92. The monoisotopic (exact) mass is 229 g/mol. The van der Waals surface area contributed by atoms with Crippen LogP contribution in [0.5, 0.6) is 0 Å². The minimum atomic E-state index is 0.577.